The number of fused-ring (bicyclic) bond motifs is 3. The van der Waals surface area contributed by atoms with Gasteiger partial charge < -0.3 is 15.3 Å². The zero-order chi connectivity index (χ0) is 31.4. The van der Waals surface area contributed by atoms with Gasteiger partial charge >= 0.3 is 6.18 Å². The maximum atomic E-state index is 13.9. The van der Waals surface area contributed by atoms with Gasteiger partial charge in [0.05, 0.1) is 11.3 Å². The Morgan fingerprint density at radius 3 is 2.19 bits per heavy atom. The Bertz CT molecular complexity index is 1730. The van der Waals surface area contributed by atoms with Gasteiger partial charge in [-0.3, -0.25) is 4.79 Å². The van der Waals surface area contributed by atoms with Gasteiger partial charge in [0.1, 0.15) is 0 Å². The van der Waals surface area contributed by atoms with E-state index in [1.807, 2.05) is 19.9 Å². The second-order valence-electron chi connectivity index (χ2n) is 11.3. The van der Waals surface area contributed by atoms with Gasteiger partial charge in [-0.1, -0.05) is 51.2 Å². The van der Waals surface area contributed by atoms with Crippen molar-refractivity contribution in [1.29, 1.82) is 0 Å². The first-order valence-corrected chi connectivity index (χ1v) is 16.5. The van der Waals surface area contributed by atoms with E-state index in [9.17, 15) is 26.4 Å². The predicted molar refractivity (Wildman–Crippen MR) is 168 cm³/mol. The maximum absolute atomic E-state index is 13.9. The molecule has 0 bridgehead atoms. The molecular weight excluding hydrogens is 577 g/mol. The standard InChI is InChI=1S/C32H41F3N4O3S/c1-4-27-22(2)30-28(17-16-26-31(30)25(32(33,34)35)20-29(40)37-26)39(27)19-11-9-7-5-6-8-10-18-38(3)43(41,42)21-23-12-14-24(36)15-13-23/h12-17,20H,4-11,18-19,21,36H2,1-3H3,(H,37,40). The van der Waals surface area contributed by atoms with Crippen molar-refractivity contribution in [3.63, 3.8) is 0 Å². The van der Waals surface area contributed by atoms with Gasteiger partial charge in [-0.25, -0.2) is 12.7 Å². The SMILES string of the molecule is CCc1c(C)c2c3c(C(F)(F)F)cc(=O)[nH]c3ccc2n1CCCCCCCCCN(C)S(=O)(=O)Cc1ccc(N)cc1. The molecule has 4 rings (SSSR count). The molecular formula is C32H41F3N4O3S. The number of H-pyrrole nitrogens is 1. The zero-order valence-electron chi connectivity index (χ0n) is 25.1. The van der Waals surface area contributed by atoms with Crippen molar-refractivity contribution in [3.8, 4) is 0 Å². The Kier molecular flexibility index (Phi) is 10.3. The molecule has 3 N–H and O–H groups in total. The molecule has 2 aromatic carbocycles. The second kappa shape index (κ2) is 13.5. The molecule has 0 unspecified atom stereocenters. The average molecular weight is 619 g/mol. The fraction of sp³-hybridized carbons (Fsp3) is 0.469. The molecule has 7 nitrogen and oxygen atoms in total. The number of aromatic amines is 1. The molecule has 2 heterocycles. The average Bonchev–Trinajstić information content (AvgIpc) is 3.22. The molecule has 2 aromatic heterocycles. The fourth-order valence-corrected chi connectivity index (χ4v) is 7.18. The van der Waals surface area contributed by atoms with Crippen LogP contribution in [-0.4, -0.2) is 35.9 Å². The van der Waals surface area contributed by atoms with Crippen molar-refractivity contribution in [2.75, 3.05) is 19.3 Å². The van der Waals surface area contributed by atoms with E-state index < -0.39 is 27.3 Å². The molecule has 0 amide bonds. The van der Waals surface area contributed by atoms with Crippen LogP contribution in [0.15, 0.2) is 47.3 Å². The number of hydrogen-bond acceptors (Lipinski definition) is 4. The van der Waals surface area contributed by atoms with E-state index >= 15 is 0 Å². The minimum absolute atomic E-state index is 0.0427. The Labute approximate surface area is 250 Å². The third-order valence-electron chi connectivity index (χ3n) is 8.21. The fourth-order valence-electron chi connectivity index (χ4n) is 5.94. The Hall–Kier alpha value is -3.31. The number of nitrogens with two attached hydrogens (primary N) is 1. The van der Waals surface area contributed by atoms with Crippen LogP contribution in [0.2, 0.25) is 0 Å². The van der Waals surface area contributed by atoms with Gasteiger partial charge in [-0.05, 0) is 61.6 Å². The topological polar surface area (TPSA) is 101 Å². The maximum Gasteiger partial charge on any atom is 0.417 e. The zero-order valence-corrected chi connectivity index (χ0v) is 25.9. The summed E-state index contributed by atoms with van der Waals surface area (Å²) in [6.45, 7) is 5.06. The lowest BCUT2D eigenvalue weighted by molar-refractivity contribution is -0.136. The Morgan fingerprint density at radius 2 is 1.56 bits per heavy atom. The van der Waals surface area contributed by atoms with Crippen molar-refractivity contribution in [1.82, 2.24) is 13.9 Å². The number of nitrogens with zero attached hydrogens (tertiary/aromatic N) is 2. The number of sulfonamides is 1. The Balaban J connectivity index is 1.28. The van der Waals surface area contributed by atoms with Crippen molar-refractivity contribution in [3.05, 3.63) is 75.2 Å². The predicted octanol–water partition coefficient (Wildman–Crippen LogP) is 7.15. The van der Waals surface area contributed by atoms with Gasteiger partial charge in [0.2, 0.25) is 15.6 Å². The van der Waals surface area contributed by atoms with E-state index in [4.69, 9.17) is 5.73 Å². The molecule has 0 atom stereocenters. The number of anilines is 1. The van der Waals surface area contributed by atoms with Gasteiger partial charge in [0.15, 0.2) is 0 Å². The molecule has 0 fully saturated rings. The number of nitrogen functional groups attached to an aromatic ring is 1. The number of unbranched alkanes of at least 4 members (excludes halogenated alkanes) is 6. The third kappa shape index (κ3) is 7.62. The summed E-state index contributed by atoms with van der Waals surface area (Å²) in [6.07, 6.45) is 2.78. The van der Waals surface area contributed by atoms with Crippen LogP contribution < -0.4 is 11.3 Å². The summed E-state index contributed by atoms with van der Waals surface area (Å²) in [5, 5.41) is 0.609. The summed E-state index contributed by atoms with van der Waals surface area (Å²) in [5.74, 6) is -0.0427. The van der Waals surface area contributed by atoms with Crippen LogP contribution in [-0.2, 0) is 34.9 Å². The van der Waals surface area contributed by atoms with Crippen LogP contribution in [0.3, 0.4) is 0 Å². The number of aromatic nitrogens is 2. The number of benzene rings is 2. The van der Waals surface area contributed by atoms with E-state index in [-0.39, 0.29) is 16.7 Å². The minimum atomic E-state index is -4.64. The highest BCUT2D eigenvalue weighted by molar-refractivity contribution is 7.88. The van der Waals surface area contributed by atoms with Crippen LogP contribution in [0, 0.1) is 6.92 Å². The first kappa shape index (κ1) is 32.6. The summed E-state index contributed by atoms with van der Waals surface area (Å²) >= 11 is 0. The molecule has 0 saturated heterocycles. The van der Waals surface area contributed by atoms with Gasteiger partial charge in [-0.15, -0.1) is 0 Å². The lowest BCUT2D eigenvalue weighted by atomic mass is 10.0. The van der Waals surface area contributed by atoms with Gasteiger partial charge in [0.25, 0.3) is 0 Å². The molecule has 0 aliphatic rings. The van der Waals surface area contributed by atoms with Crippen molar-refractivity contribution in [2.24, 2.45) is 0 Å². The number of halogens is 3. The summed E-state index contributed by atoms with van der Waals surface area (Å²) in [4.78, 5) is 14.5. The molecule has 0 spiro atoms. The van der Waals surface area contributed by atoms with Crippen molar-refractivity contribution < 1.29 is 21.6 Å². The van der Waals surface area contributed by atoms with Crippen LogP contribution >= 0.6 is 0 Å². The van der Waals surface area contributed by atoms with E-state index in [0.717, 1.165) is 61.7 Å². The lowest BCUT2D eigenvalue weighted by Gasteiger charge is -2.17. The molecule has 0 radical (unpaired) electrons. The molecule has 0 aliphatic heterocycles. The number of nitrogens with one attached hydrogen (secondary N) is 1. The van der Waals surface area contributed by atoms with Crippen LogP contribution in [0.25, 0.3) is 21.8 Å². The molecule has 0 saturated carbocycles. The molecule has 234 valence electrons. The highest BCUT2D eigenvalue weighted by atomic mass is 32.2. The smallest absolute Gasteiger partial charge is 0.399 e. The highest BCUT2D eigenvalue weighted by Gasteiger charge is 2.34. The number of pyridine rings is 1. The van der Waals surface area contributed by atoms with Gasteiger partial charge in [0, 0.05) is 59.4 Å². The second-order valence-corrected chi connectivity index (χ2v) is 13.4. The third-order valence-corrected chi connectivity index (χ3v) is 10.0. The quantitative estimate of drug-likeness (QED) is 0.116. The highest BCUT2D eigenvalue weighted by Crippen LogP contribution is 2.39. The van der Waals surface area contributed by atoms with E-state index in [1.54, 1.807) is 37.4 Å². The number of alkyl halides is 3. The monoisotopic (exact) mass is 618 g/mol. The number of rotatable bonds is 14. The minimum Gasteiger partial charge on any atom is -0.399 e. The molecule has 11 heteroatoms. The van der Waals surface area contributed by atoms with Crippen molar-refractivity contribution in [2.45, 2.75) is 83.7 Å². The van der Waals surface area contributed by atoms with E-state index in [1.165, 1.54) is 4.31 Å². The first-order valence-electron chi connectivity index (χ1n) is 14.9. The normalized spacial score (nSPS) is 12.6. The molecule has 0 aliphatic carbocycles. The summed E-state index contributed by atoms with van der Waals surface area (Å²) in [7, 11) is -1.76. The summed E-state index contributed by atoms with van der Waals surface area (Å²) < 4.78 is 70.6. The van der Waals surface area contributed by atoms with Gasteiger partial charge in [-0.2, -0.15) is 13.2 Å². The van der Waals surface area contributed by atoms with Crippen LogP contribution in [0.5, 0.6) is 0 Å². The molecule has 43 heavy (non-hydrogen) atoms. The lowest BCUT2D eigenvalue weighted by Crippen LogP contribution is -2.29. The van der Waals surface area contributed by atoms with E-state index in [0.29, 0.717) is 42.2 Å². The van der Waals surface area contributed by atoms with Crippen LogP contribution in [0.4, 0.5) is 18.9 Å². The Morgan fingerprint density at radius 1 is 0.930 bits per heavy atom. The largest absolute Gasteiger partial charge is 0.417 e. The van der Waals surface area contributed by atoms with Crippen LogP contribution in [0.1, 0.15) is 74.3 Å². The van der Waals surface area contributed by atoms with Crippen molar-refractivity contribution >= 4 is 37.5 Å². The number of hydrogen-bond donors (Lipinski definition) is 2. The van der Waals surface area contributed by atoms with E-state index in [2.05, 4.69) is 9.55 Å². The number of aryl methyl sites for hydroxylation is 2. The molecule has 4 aromatic rings. The summed E-state index contributed by atoms with van der Waals surface area (Å²) in [5.41, 5.74) is 8.12. The summed E-state index contributed by atoms with van der Waals surface area (Å²) in [6, 6.07) is 10.9. The first-order chi connectivity index (χ1) is 20.3.